The molecule has 1 saturated heterocycles. The molecule has 0 saturated carbocycles. The molecule has 1 aromatic carbocycles. The summed E-state index contributed by atoms with van der Waals surface area (Å²) in [4.78, 5) is 40.5. The maximum atomic E-state index is 13.1. The summed E-state index contributed by atoms with van der Waals surface area (Å²) in [5.74, 6) is -0.625. The Morgan fingerprint density at radius 2 is 2.07 bits per heavy atom. The van der Waals surface area contributed by atoms with E-state index in [0.29, 0.717) is 23.8 Å². The van der Waals surface area contributed by atoms with Crippen LogP contribution in [-0.2, 0) is 4.79 Å². The van der Waals surface area contributed by atoms with Gasteiger partial charge in [0.15, 0.2) is 6.29 Å². The number of likely N-dealkylation sites (N-methyl/N-ethyl adjacent to an activating group) is 1. The van der Waals surface area contributed by atoms with E-state index in [0.717, 1.165) is 38.3 Å². The molecule has 2 N–H and O–H groups in total. The van der Waals surface area contributed by atoms with Gasteiger partial charge in [-0.1, -0.05) is 19.9 Å². The number of nitrogens with zero attached hydrogens (tertiary/aromatic N) is 2. The summed E-state index contributed by atoms with van der Waals surface area (Å²) in [5, 5.41) is 5.85. The molecule has 1 aliphatic heterocycles. The van der Waals surface area contributed by atoms with Crippen LogP contribution in [0.4, 0.5) is 5.69 Å². The highest BCUT2D eigenvalue weighted by atomic mass is 16.2. The number of hydrogen-bond acceptors (Lipinski definition) is 5. The lowest BCUT2D eigenvalue weighted by Crippen LogP contribution is -2.46. The van der Waals surface area contributed by atoms with E-state index >= 15 is 0 Å². The maximum Gasteiger partial charge on any atom is 0.255 e. The van der Waals surface area contributed by atoms with Crippen molar-refractivity contribution in [3.8, 4) is 0 Å². The zero-order chi connectivity index (χ0) is 19.8. The summed E-state index contributed by atoms with van der Waals surface area (Å²) >= 11 is 0. The fraction of sp³-hybridized carbons (Fsp3) is 0.450. The second kappa shape index (κ2) is 9.87. The average molecular weight is 372 g/mol. The van der Waals surface area contributed by atoms with Gasteiger partial charge in [-0.2, -0.15) is 0 Å². The molecule has 0 radical (unpaired) electrons. The molecular formula is C20H28N4O3. The quantitative estimate of drug-likeness (QED) is 0.675. The molecule has 2 rings (SSSR count). The molecule has 146 valence electrons. The van der Waals surface area contributed by atoms with Crippen molar-refractivity contribution in [2.45, 2.75) is 25.8 Å². The largest absolute Gasteiger partial charge is 0.369 e. The van der Waals surface area contributed by atoms with E-state index in [4.69, 9.17) is 0 Å². The predicted molar refractivity (Wildman–Crippen MR) is 106 cm³/mol. The molecular weight excluding hydrogens is 344 g/mol. The van der Waals surface area contributed by atoms with Gasteiger partial charge in [0.25, 0.3) is 5.91 Å². The molecule has 0 spiro atoms. The Morgan fingerprint density at radius 3 is 2.67 bits per heavy atom. The van der Waals surface area contributed by atoms with Crippen LogP contribution in [0.5, 0.6) is 0 Å². The first kappa shape index (κ1) is 20.6. The summed E-state index contributed by atoms with van der Waals surface area (Å²) in [5.41, 5.74) is 1.54. The molecule has 27 heavy (non-hydrogen) atoms. The zero-order valence-electron chi connectivity index (χ0n) is 16.0. The third-order valence-electron chi connectivity index (χ3n) is 4.77. The van der Waals surface area contributed by atoms with Crippen molar-refractivity contribution in [2.75, 3.05) is 38.1 Å². The van der Waals surface area contributed by atoms with Crippen molar-refractivity contribution < 1.29 is 14.4 Å². The van der Waals surface area contributed by atoms with E-state index in [1.165, 1.54) is 11.1 Å². The van der Waals surface area contributed by atoms with Gasteiger partial charge in [0.05, 0.1) is 5.56 Å². The average Bonchev–Trinajstić information content (AvgIpc) is 2.71. The van der Waals surface area contributed by atoms with Crippen molar-refractivity contribution in [3.05, 3.63) is 42.1 Å². The van der Waals surface area contributed by atoms with Crippen LogP contribution in [0.15, 0.2) is 31.0 Å². The lowest BCUT2D eigenvalue weighted by atomic mass is 10.0. The normalized spacial score (nSPS) is 15.0. The molecule has 7 heteroatoms. The van der Waals surface area contributed by atoms with Crippen molar-refractivity contribution in [1.82, 2.24) is 15.5 Å². The molecule has 2 amide bonds. The first-order valence-corrected chi connectivity index (χ1v) is 9.26. The van der Waals surface area contributed by atoms with Crippen LogP contribution in [0.2, 0.25) is 0 Å². The first-order chi connectivity index (χ1) is 13.0. The van der Waals surface area contributed by atoms with E-state index in [1.54, 1.807) is 19.2 Å². The van der Waals surface area contributed by atoms with Crippen molar-refractivity contribution in [3.63, 3.8) is 0 Å². The molecule has 7 nitrogen and oxygen atoms in total. The first-order valence-electron chi connectivity index (χ1n) is 9.26. The minimum Gasteiger partial charge on any atom is -0.369 e. The molecule has 1 fully saturated rings. The highest BCUT2D eigenvalue weighted by Crippen LogP contribution is 2.22. The van der Waals surface area contributed by atoms with Crippen LogP contribution in [0.25, 0.3) is 0 Å². The second-order valence-electron chi connectivity index (χ2n) is 6.56. The molecule has 1 unspecified atom stereocenters. The Hall–Kier alpha value is -2.67. The Bertz CT molecular complexity index is 698. The lowest BCUT2D eigenvalue weighted by Gasteiger charge is -2.31. The fourth-order valence-electron chi connectivity index (χ4n) is 3.25. The van der Waals surface area contributed by atoms with Gasteiger partial charge < -0.3 is 20.4 Å². The standard InChI is InChI=1S/C20H28N4O3/c1-4-6-18(19(26)22-5-2)23(3)20(27)17-13-16(8-7-15(17)14-25)24-11-9-21-10-12-24/h5,7-8,13-14,18,21H,2,4,6,9-12H2,1,3H3,(H,22,26). The minimum absolute atomic E-state index is 0.284. The van der Waals surface area contributed by atoms with Crippen LogP contribution in [-0.4, -0.2) is 62.3 Å². The second-order valence-corrected chi connectivity index (χ2v) is 6.56. The van der Waals surface area contributed by atoms with Crippen LogP contribution in [0.1, 0.15) is 40.5 Å². The number of benzene rings is 1. The maximum absolute atomic E-state index is 13.1. The van der Waals surface area contributed by atoms with Gasteiger partial charge in [0.1, 0.15) is 6.04 Å². The lowest BCUT2D eigenvalue weighted by molar-refractivity contribution is -0.124. The smallest absolute Gasteiger partial charge is 0.255 e. The molecule has 0 aliphatic carbocycles. The monoisotopic (exact) mass is 372 g/mol. The van der Waals surface area contributed by atoms with E-state index in [2.05, 4.69) is 22.1 Å². The fourth-order valence-corrected chi connectivity index (χ4v) is 3.25. The van der Waals surface area contributed by atoms with Gasteiger partial charge >= 0.3 is 0 Å². The number of nitrogens with one attached hydrogen (secondary N) is 2. The predicted octanol–water partition coefficient (Wildman–Crippen LogP) is 1.41. The summed E-state index contributed by atoms with van der Waals surface area (Å²) in [7, 11) is 1.59. The van der Waals surface area contributed by atoms with Crippen LogP contribution in [0, 0.1) is 0 Å². The molecule has 0 aromatic heterocycles. The van der Waals surface area contributed by atoms with Crippen LogP contribution < -0.4 is 15.5 Å². The summed E-state index contributed by atoms with van der Waals surface area (Å²) < 4.78 is 0. The van der Waals surface area contributed by atoms with Crippen molar-refractivity contribution in [2.24, 2.45) is 0 Å². The molecule has 1 aromatic rings. The Balaban J connectivity index is 2.32. The van der Waals surface area contributed by atoms with Gasteiger partial charge in [0, 0.05) is 44.5 Å². The van der Waals surface area contributed by atoms with Gasteiger partial charge in [0.2, 0.25) is 5.91 Å². The highest BCUT2D eigenvalue weighted by Gasteiger charge is 2.28. The van der Waals surface area contributed by atoms with Gasteiger partial charge in [-0.3, -0.25) is 14.4 Å². The number of rotatable bonds is 8. The van der Waals surface area contributed by atoms with Gasteiger partial charge in [-0.15, -0.1) is 0 Å². The minimum atomic E-state index is -0.622. The number of amides is 2. The molecule has 1 aliphatic rings. The van der Waals surface area contributed by atoms with E-state index in [9.17, 15) is 14.4 Å². The summed E-state index contributed by atoms with van der Waals surface area (Å²) in [6.07, 6.45) is 3.26. The van der Waals surface area contributed by atoms with E-state index in [1.807, 2.05) is 13.0 Å². The topological polar surface area (TPSA) is 81.8 Å². The zero-order valence-corrected chi connectivity index (χ0v) is 16.0. The van der Waals surface area contributed by atoms with E-state index in [-0.39, 0.29) is 11.8 Å². The Labute approximate surface area is 160 Å². The number of piperazine rings is 1. The number of carbonyl (C=O) groups excluding carboxylic acids is 3. The molecule has 0 bridgehead atoms. The number of hydrogen-bond donors (Lipinski definition) is 2. The molecule has 1 atom stereocenters. The highest BCUT2D eigenvalue weighted by molar-refractivity contribution is 6.04. The van der Waals surface area contributed by atoms with Crippen molar-refractivity contribution >= 4 is 23.8 Å². The van der Waals surface area contributed by atoms with Gasteiger partial charge in [-0.05, 0) is 30.8 Å². The molecule has 1 heterocycles. The van der Waals surface area contributed by atoms with Crippen LogP contribution in [0.3, 0.4) is 0 Å². The Kier molecular flexibility index (Phi) is 7.55. The van der Waals surface area contributed by atoms with Crippen LogP contribution >= 0.6 is 0 Å². The van der Waals surface area contributed by atoms with E-state index < -0.39 is 6.04 Å². The SMILES string of the molecule is C=CNC(=O)C(CCC)N(C)C(=O)c1cc(N2CCNCC2)ccc1C=O. The Morgan fingerprint density at radius 1 is 1.37 bits per heavy atom. The number of carbonyl (C=O) groups is 3. The number of anilines is 1. The summed E-state index contributed by atoms with van der Waals surface area (Å²) in [6, 6.07) is 4.66. The third-order valence-corrected chi connectivity index (χ3v) is 4.77. The number of aldehydes is 1. The third kappa shape index (κ3) is 4.95. The van der Waals surface area contributed by atoms with Gasteiger partial charge in [-0.25, -0.2) is 0 Å². The summed E-state index contributed by atoms with van der Waals surface area (Å²) in [6.45, 7) is 8.88. The van der Waals surface area contributed by atoms with Crippen molar-refractivity contribution in [1.29, 1.82) is 0 Å².